The van der Waals surface area contributed by atoms with Gasteiger partial charge in [-0.25, -0.2) is 9.18 Å². The molecule has 0 spiro atoms. The molecule has 1 atom stereocenters. The number of nitrogens with one attached hydrogen (secondary N) is 2. The molecule has 2 aromatic carbocycles. The summed E-state index contributed by atoms with van der Waals surface area (Å²) < 4.78 is 19.1. The molecule has 26 heavy (non-hydrogen) atoms. The van der Waals surface area contributed by atoms with E-state index in [2.05, 4.69) is 34.6 Å². The molecule has 2 amide bonds. The molecule has 0 saturated carbocycles. The third kappa shape index (κ3) is 5.28. The van der Waals surface area contributed by atoms with Crippen LogP contribution in [0.3, 0.4) is 0 Å². The van der Waals surface area contributed by atoms with Crippen molar-refractivity contribution in [2.24, 2.45) is 0 Å². The largest absolute Gasteiger partial charge is 0.376 e. The van der Waals surface area contributed by atoms with Gasteiger partial charge in [-0.05, 0) is 30.2 Å². The van der Waals surface area contributed by atoms with Crippen molar-refractivity contribution in [3.05, 3.63) is 65.5 Å². The number of para-hydroxylation sites is 1. The van der Waals surface area contributed by atoms with Crippen molar-refractivity contribution in [1.82, 2.24) is 10.2 Å². The SMILES string of the molecule is CC1CN(Cc2cccc(CNC(=O)Nc3ccccc3F)c2)CCO1. The van der Waals surface area contributed by atoms with Crippen molar-refractivity contribution >= 4 is 11.7 Å². The molecule has 5 nitrogen and oxygen atoms in total. The highest BCUT2D eigenvalue weighted by Crippen LogP contribution is 2.13. The van der Waals surface area contributed by atoms with E-state index >= 15 is 0 Å². The van der Waals surface area contributed by atoms with Crippen LogP contribution in [0.2, 0.25) is 0 Å². The molecule has 1 saturated heterocycles. The maximum Gasteiger partial charge on any atom is 0.319 e. The van der Waals surface area contributed by atoms with E-state index in [4.69, 9.17) is 4.74 Å². The lowest BCUT2D eigenvalue weighted by atomic mass is 10.1. The smallest absolute Gasteiger partial charge is 0.319 e. The topological polar surface area (TPSA) is 53.6 Å². The molecule has 0 aliphatic carbocycles. The molecule has 3 rings (SSSR count). The zero-order valence-corrected chi connectivity index (χ0v) is 14.9. The van der Waals surface area contributed by atoms with Gasteiger partial charge in [0.15, 0.2) is 0 Å². The molecule has 1 fully saturated rings. The highest BCUT2D eigenvalue weighted by atomic mass is 19.1. The van der Waals surface area contributed by atoms with Crippen LogP contribution in [0.4, 0.5) is 14.9 Å². The lowest BCUT2D eigenvalue weighted by Crippen LogP contribution is -2.40. The molecule has 1 unspecified atom stereocenters. The van der Waals surface area contributed by atoms with Gasteiger partial charge >= 0.3 is 6.03 Å². The standard InChI is InChI=1S/C20H24FN3O2/c1-15-13-24(9-10-26-15)14-17-6-4-5-16(11-17)12-22-20(25)23-19-8-3-2-7-18(19)21/h2-8,11,15H,9-10,12-14H2,1H3,(H2,22,23,25). The van der Waals surface area contributed by atoms with Crippen molar-refractivity contribution in [3.63, 3.8) is 0 Å². The molecular weight excluding hydrogens is 333 g/mol. The molecule has 0 radical (unpaired) electrons. The molecule has 6 heteroatoms. The fraction of sp³-hybridized carbons (Fsp3) is 0.350. The van der Waals surface area contributed by atoms with Gasteiger partial charge in [0, 0.05) is 26.2 Å². The third-order valence-corrected chi connectivity index (χ3v) is 4.30. The molecule has 1 heterocycles. The van der Waals surface area contributed by atoms with E-state index in [1.807, 2.05) is 12.1 Å². The van der Waals surface area contributed by atoms with E-state index in [1.165, 1.54) is 17.7 Å². The van der Waals surface area contributed by atoms with Crippen molar-refractivity contribution in [2.45, 2.75) is 26.1 Å². The van der Waals surface area contributed by atoms with E-state index in [-0.39, 0.29) is 11.8 Å². The first-order valence-corrected chi connectivity index (χ1v) is 8.81. The Morgan fingerprint density at radius 1 is 1.23 bits per heavy atom. The summed E-state index contributed by atoms with van der Waals surface area (Å²) in [5.74, 6) is -0.454. The Labute approximate surface area is 153 Å². The molecule has 2 aromatic rings. The maximum atomic E-state index is 13.6. The second-order valence-corrected chi connectivity index (χ2v) is 6.52. The number of nitrogens with zero attached hydrogens (tertiary/aromatic N) is 1. The molecule has 138 valence electrons. The highest BCUT2D eigenvalue weighted by molar-refractivity contribution is 5.89. The second-order valence-electron chi connectivity index (χ2n) is 6.52. The van der Waals surface area contributed by atoms with Crippen molar-refractivity contribution in [3.8, 4) is 0 Å². The minimum Gasteiger partial charge on any atom is -0.376 e. The normalized spacial score (nSPS) is 17.7. The van der Waals surface area contributed by atoms with Gasteiger partial charge < -0.3 is 15.4 Å². The summed E-state index contributed by atoms with van der Waals surface area (Å²) in [6.07, 6.45) is 0.260. The molecule has 1 aliphatic heterocycles. The summed E-state index contributed by atoms with van der Waals surface area (Å²) in [6, 6.07) is 13.8. The second kappa shape index (κ2) is 8.78. The molecule has 2 N–H and O–H groups in total. The number of carbonyl (C=O) groups excluding carboxylic acids is 1. The van der Waals surface area contributed by atoms with Gasteiger partial charge in [-0.2, -0.15) is 0 Å². The van der Waals surface area contributed by atoms with Crippen LogP contribution in [0.15, 0.2) is 48.5 Å². The van der Waals surface area contributed by atoms with Crippen LogP contribution in [0.1, 0.15) is 18.1 Å². The third-order valence-electron chi connectivity index (χ3n) is 4.30. The molecule has 0 aromatic heterocycles. The van der Waals surface area contributed by atoms with Crippen molar-refractivity contribution < 1.29 is 13.9 Å². The van der Waals surface area contributed by atoms with Crippen molar-refractivity contribution in [2.75, 3.05) is 25.0 Å². The number of rotatable bonds is 5. The number of amides is 2. The van der Waals surface area contributed by atoms with E-state index < -0.39 is 11.8 Å². The number of carbonyl (C=O) groups is 1. The van der Waals surface area contributed by atoms with Gasteiger partial charge in [-0.3, -0.25) is 4.90 Å². The van der Waals surface area contributed by atoms with E-state index in [0.29, 0.717) is 6.54 Å². The van der Waals surface area contributed by atoms with Crippen LogP contribution in [0, 0.1) is 5.82 Å². The van der Waals surface area contributed by atoms with Crippen LogP contribution >= 0.6 is 0 Å². The number of hydrogen-bond acceptors (Lipinski definition) is 3. The lowest BCUT2D eigenvalue weighted by molar-refractivity contribution is -0.0212. The van der Waals surface area contributed by atoms with E-state index in [1.54, 1.807) is 12.1 Å². The molecule has 1 aliphatic rings. The Hall–Kier alpha value is -2.44. The quantitative estimate of drug-likeness (QED) is 0.863. The molecular formula is C20H24FN3O2. The fourth-order valence-electron chi connectivity index (χ4n) is 3.04. The maximum absolute atomic E-state index is 13.6. The number of benzene rings is 2. The number of halogens is 1. The first-order valence-electron chi connectivity index (χ1n) is 8.81. The number of urea groups is 1. The summed E-state index contributed by atoms with van der Waals surface area (Å²) >= 11 is 0. The average Bonchev–Trinajstić information content (AvgIpc) is 2.62. The van der Waals surface area contributed by atoms with Gasteiger partial charge in [0.05, 0.1) is 18.4 Å². The van der Waals surface area contributed by atoms with Gasteiger partial charge in [-0.15, -0.1) is 0 Å². The Bertz CT molecular complexity index is 753. The van der Waals surface area contributed by atoms with Gasteiger partial charge in [0.25, 0.3) is 0 Å². The number of hydrogen-bond donors (Lipinski definition) is 2. The Balaban J connectivity index is 1.52. The minimum atomic E-state index is -0.454. The minimum absolute atomic E-state index is 0.167. The summed E-state index contributed by atoms with van der Waals surface area (Å²) in [4.78, 5) is 14.3. The van der Waals surface area contributed by atoms with Crippen LogP contribution in [0.25, 0.3) is 0 Å². The van der Waals surface area contributed by atoms with Crippen LogP contribution in [0.5, 0.6) is 0 Å². The zero-order chi connectivity index (χ0) is 18.4. The van der Waals surface area contributed by atoms with Crippen LogP contribution in [-0.2, 0) is 17.8 Å². The van der Waals surface area contributed by atoms with Crippen LogP contribution in [-0.4, -0.2) is 36.7 Å². The highest BCUT2D eigenvalue weighted by Gasteiger charge is 2.16. The number of morpholine rings is 1. The van der Waals surface area contributed by atoms with Gasteiger partial charge in [-0.1, -0.05) is 36.4 Å². The van der Waals surface area contributed by atoms with Crippen LogP contribution < -0.4 is 10.6 Å². The summed E-state index contributed by atoms with van der Waals surface area (Å²) in [5, 5.41) is 5.28. The average molecular weight is 357 g/mol. The summed E-state index contributed by atoms with van der Waals surface area (Å²) in [7, 11) is 0. The lowest BCUT2D eigenvalue weighted by Gasteiger charge is -2.31. The Morgan fingerprint density at radius 2 is 2.04 bits per heavy atom. The van der Waals surface area contributed by atoms with E-state index in [0.717, 1.165) is 31.8 Å². The van der Waals surface area contributed by atoms with Gasteiger partial charge in [0.1, 0.15) is 5.82 Å². The Kier molecular flexibility index (Phi) is 6.20. The van der Waals surface area contributed by atoms with Gasteiger partial charge in [0.2, 0.25) is 0 Å². The summed E-state index contributed by atoms with van der Waals surface area (Å²) in [6.45, 7) is 5.95. The van der Waals surface area contributed by atoms with Crippen molar-refractivity contribution in [1.29, 1.82) is 0 Å². The van der Waals surface area contributed by atoms with E-state index in [9.17, 15) is 9.18 Å². The molecule has 0 bridgehead atoms. The Morgan fingerprint density at radius 3 is 2.85 bits per heavy atom. The predicted octanol–water partition coefficient (Wildman–Crippen LogP) is 3.37. The zero-order valence-electron chi connectivity index (χ0n) is 14.9. The number of ether oxygens (including phenoxy) is 1. The first-order chi connectivity index (χ1) is 12.6. The first kappa shape index (κ1) is 18.4. The predicted molar refractivity (Wildman–Crippen MR) is 99.4 cm³/mol. The monoisotopic (exact) mass is 357 g/mol. The fourth-order valence-corrected chi connectivity index (χ4v) is 3.04. The number of anilines is 1. The summed E-state index contributed by atoms with van der Waals surface area (Å²) in [5.41, 5.74) is 2.38.